The highest BCUT2D eigenvalue weighted by Crippen LogP contribution is 2.20. The summed E-state index contributed by atoms with van der Waals surface area (Å²) in [6, 6.07) is 7.35. The molecule has 2 rings (SSSR count). The van der Waals surface area contributed by atoms with Crippen LogP contribution < -0.4 is 5.32 Å². The Labute approximate surface area is 114 Å². The molecule has 1 amide bonds. The molecule has 0 saturated carbocycles. The molecule has 6 heteroatoms. The van der Waals surface area contributed by atoms with E-state index in [1.54, 1.807) is 25.4 Å². The fraction of sp³-hybridized carbons (Fsp3) is 0.154. The number of aromatic nitrogens is 2. The number of amides is 1. The molecule has 0 fully saturated rings. The second-order valence-corrected chi connectivity index (χ2v) is 5.10. The Balaban J connectivity index is 1.94. The minimum Gasteiger partial charge on any atom is -0.325 e. The van der Waals surface area contributed by atoms with Crippen molar-refractivity contribution >= 4 is 23.4 Å². The second kappa shape index (κ2) is 6.29. The summed E-state index contributed by atoms with van der Waals surface area (Å²) < 4.78 is 12.7. The van der Waals surface area contributed by atoms with Gasteiger partial charge < -0.3 is 5.32 Å². The molecule has 0 spiro atoms. The van der Waals surface area contributed by atoms with E-state index >= 15 is 0 Å². The Hall–Kier alpha value is -1.95. The zero-order valence-electron chi connectivity index (χ0n) is 10.2. The molecule has 1 atom stereocenters. The number of nitrogens with one attached hydrogen (secondary N) is 1. The first-order chi connectivity index (χ1) is 9.15. The fourth-order valence-corrected chi connectivity index (χ4v) is 2.06. The third-order valence-corrected chi connectivity index (χ3v) is 3.29. The maximum atomic E-state index is 12.7. The SMILES string of the molecule is CC(Sc1ncccn1)C(=O)Nc1ccc(F)cc1. The highest BCUT2D eigenvalue weighted by Gasteiger charge is 2.15. The second-order valence-electron chi connectivity index (χ2n) is 3.79. The van der Waals surface area contributed by atoms with E-state index in [4.69, 9.17) is 0 Å². The first-order valence-corrected chi connectivity index (χ1v) is 6.53. The first kappa shape index (κ1) is 13.5. The molecule has 1 N–H and O–H groups in total. The van der Waals surface area contributed by atoms with Crippen molar-refractivity contribution < 1.29 is 9.18 Å². The predicted octanol–water partition coefficient (Wildman–Crippen LogP) is 2.74. The van der Waals surface area contributed by atoms with Crippen molar-refractivity contribution in [1.82, 2.24) is 9.97 Å². The normalized spacial score (nSPS) is 11.9. The molecule has 0 bridgehead atoms. The van der Waals surface area contributed by atoms with E-state index in [1.807, 2.05) is 0 Å². The Morgan fingerprint density at radius 1 is 1.26 bits per heavy atom. The van der Waals surface area contributed by atoms with Gasteiger partial charge in [0.2, 0.25) is 5.91 Å². The van der Waals surface area contributed by atoms with E-state index in [-0.39, 0.29) is 17.0 Å². The smallest absolute Gasteiger partial charge is 0.237 e. The van der Waals surface area contributed by atoms with Crippen molar-refractivity contribution in [2.24, 2.45) is 0 Å². The molecule has 1 aromatic heterocycles. The Morgan fingerprint density at radius 2 is 1.89 bits per heavy atom. The van der Waals surface area contributed by atoms with Crippen molar-refractivity contribution in [3.63, 3.8) is 0 Å². The first-order valence-electron chi connectivity index (χ1n) is 5.65. The number of carbonyl (C=O) groups is 1. The van der Waals surface area contributed by atoms with Gasteiger partial charge in [0.1, 0.15) is 5.82 Å². The summed E-state index contributed by atoms with van der Waals surface area (Å²) in [5, 5.41) is 2.91. The molecule has 1 heterocycles. The lowest BCUT2D eigenvalue weighted by molar-refractivity contribution is -0.115. The van der Waals surface area contributed by atoms with Crippen LogP contribution in [0.4, 0.5) is 10.1 Å². The molecule has 1 aromatic carbocycles. The van der Waals surface area contributed by atoms with Crippen LogP contribution in [0.2, 0.25) is 0 Å². The quantitative estimate of drug-likeness (QED) is 0.689. The number of anilines is 1. The number of hydrogen-bond acceptors (Lipinski definition) is 4. The monoisotopic (exact) mass is 277 g/mol. The molecular formula is C13H12FN3OS. The lowest BCUT2D eigenvalue weighted by atomic mass is 10.3. The number of carbonyl (C=O) groups excluding carboxylic acids is 1. The molecule has 0 aliphatic carbocycles. The largest absolute Gasteiger partial charge is 0.325 e. The lowest BCUT2D eigenvalue weighted by Gasteiger charge is -2.10. The predicted molar refractivity (Wildman–Crippen MR) is 72.4 cm³/mol. The van der Waals surface area contributed by atoms with E-state index in [0.29, 0.717) is 10.8 Å². The molecule has 2 aromatic rings. The van der Waals surface area contributed by atoms with Crippen LogP contribution in [0.1, 0.15) is 6.92 Å². The number of nitrogens with zero attached hydrogens (tertiary/aromatic N) is 2. The molecule has 0 aliphatic rings. The van der Waals surface area contributed by atoms with Crippen LogP contribution in [0.3, 0.4) is 0 Å². The summed E-state index contributed by atoms with van der Waals surface area (Å²) in [5.41, 5.74) is 0.563. The van der Waals surface area contributed by atoms with E-state index < -0.39 is 0 Å². The van der Waals surface area contributed by atoms with Gasteiger partial charge in [-0.3, -0.25) is 4.79 Å². The van der Waals surface area contributed by atoms with Crippen molar-refractivity contribution in [1.29, 1.82) is 0 Å². The van der Waals surface area contributed by atoms with Crippen molar-refractivity contribution in [3.05, 3.63) is 48.5 Å². The molecule has 0 radical (unpaired) electrons. The van der Waals surface area contributed by atoms with Gasteiger partial charge in [0.05, 0.1) is 5.25 Å². The van der Waals surface area contributed by atoms with Gasteiger partial charge in [-0.2, -0.15) is 0 Å². The highest BCUT2D eigenvalue weighted by molar-refractivity contribution is 8.00. The summed E-state index contributed by atoms with van der Waals surface area (Å²) in [6.07, 6.45) is 3.25. The summed E-state index contributed by atoms with van der Waals surface area (Å²) in [4.78, 5) is 20.0. The third-order valence-electron chi connectivity index (χ3n) is 2.31. The van der Waals surface area contributed by atoms with Crippen LogP contribution in [0.5, 0.6) is 0 Å². The highest BCUT2D eigenvalue weighted by atomic mass is 32.2. The Morgan fingerprint density at radius 3 is 2.53 bits per heavy atom. The zero-order chi connectivity index (χ0) is 13.7. The van der Waals surface area contributed by atoms with Crippen LogP contribution >= 0.6 is 11.8 Å². The lowest BCUT2D eigenvalue weighted by Crippen LogP contribution is -2.22. The number of hydrogen-bond donors (Lipinski definition) is 1. The van der Waals surface area contributed by atoms with E-state index in [0.717, 1.165) is 0 Å². The maximum absolute atomic E-state index is 12.7. The molecule has 98 valence electrons. The average molecular weight is 277 g/mol. The molecule has 0 aliphatic heterocycles. The van der Waals surface area contributed by atoms with E-state index in [9.17, 15) is 9.18 Å². The summed E-state index contributed by atoms with van der Waals surface area (Å²) in [7, 11) is 0. The van der Waals surface area contributed by atoms with Gasteiger partial charge in [0.15, 0.2) is 5.16 Å². The molecule has 4 nitrogen and oxygen atoms in total. The van der Waals surface area contributed by atoms with Crippen LogP contribution in [0.15, 0.2) is 47.9 Å². The average Bonchev–Trinajstić information content (AvgIpc) is 2.42. The van der Waals surface area contributed by atoms with Gasteiger partial charge in [-0.1, -0.05) is 11.8 Å². The van der Waals surface area contributed by atoms with E-state index in [2.05, 4.69) is 15.3 Å². The fourth-order valence-electron chi connectivity index (χ4n) is 1.34. The van der Waals surface area contributed by atoms with Crippen molar-refractivity contribution in [2.45, 2.75) is 17.3 Å². The number of thioether (sulfide) groups is 1. The zero-order valence-corrected chi connectivity index (χ0v) is 11.0. The number of halogens is 1. The molecule has 0 saturated heterocycles. The van der Waals surface area contributed by atoms with Crippen LogP contribution in [-0.2, 0) is 4.79 Å². The standard InChI is InChI=1S/C13H12FN3OS/c1-9(19-13-15-7-2-8-16-13)12(18)17-11-5-3-10(14)4-6-11/h2-9H,1H3,(H,17,18). The van der Waals surface area contributed by atoms with Crippen LogP contribution in [0.25, 0.3) is 0 Å². The third kappa shape index (κ3) is 4.03. The number of rotatable bonds is 4. The Bertz CT molecular complexity index is 548. The van der Waals surface area contributed by atoms with Crippen LogP contribution in [0, 0.1) is 5.82 Å². The molecular weight excluding hydrogens is 265 g/mol. The van der Waals surface area contributed by atoms with Gasteiger partial charge >= 0.3 is 0 Å². The molecule has 19 heavy (non-hydrogen) atoms. The van der Waals surface area contributed by atoms with Crippen molar-refractivity contribution in [2.75, 3.05) is 5.32 Å². The summed E-state index contributed by atoms with van der Waals surface area (Å²) in [6.45, 7) is 1.76. The van der Waals surface area contributed by atoms with Crippen molar-refractivity contribution in [3.8, 4) is 0 Å². The van der Waals surface area contributed by atoms with Gasteiger partial charge in [0.25, 0.3) is 0 Å². The number of benzene rings is 1. The maximum Gasteiger partial charge on any atom is 0.237 e. The van der Waals surface area contributed by atoms with Gasteiger partial charge in [-0.25, -0.2) is 14.4 Å². The summed E-state index contributed by atoms with van der Waals surface area (Å²) in [5.74, 6) is -0.512. The van der Waals surface area contributed by atoms with Gasteiger partial charge in [0, 0.05) is 18.1 Å². The Kier molecular flexibility index (Phi) is 4.46. The molecule has 1 unspecified atom stereocenters. The minimum absolute atomic E-state index is 0.177. The topological polar surface area (TPSA) is 54.9 Å². The summed E-state index contributed by atoms with van der Waals surface area (Å²) >= 11 is 1.27. The van der Waals surface area contributed by atoms with Gasteiger partial charge in [-0.15, -0.1) is 0 Å². The minimum atomic E-state index is -0.340. The van der Waals surface area contributed by atoms with Gasteiger partial charge in [-0.05, 0) is 37.3 Å². The van der Waals surface area contributed by atoms with Crippen LogP contribution in [-0.4, -0.2) is 21.1 Å². The van der Waals surface area contributed by atoms with E-state index in [1.165, 1.54) is 36.0 Å².